The van der Waals surface area contributed by atoms with Gasteiger partial charge in [0.25, 0.3) is 11.8 Å². The Morgan fingerprint density at radius 2 is 1.25 bits per heavy atom. The zero-order valence-corrected chi connectivity index (χ0v) is 19.9. The summed E-state index contributed by atoms with van der Waals surface area (Å²) in [6, 6.07) is 30.8. The number of nitrogens with one attached hydrogen (secondary N) is 1. The predicted molar refractivity (Wildman–Crippen MR) is 139 cm³/mol. The smallest absolute Gasteiger partial charge is 0.266 e. The molecule has 6 heteroatoms. The number of rotatable bonds is 6. The summed E-state index contributed by atoms with van der Waals surface area (Å²) in [7, 11) is 1.46. The van der Waals surface area contributed by atoms with Gasteiger partial charge in [0.2, 0.25) is 5.91 Å². The van der Waals surface area contributed by atoms with Gasteiger partial charge >= 0.3 is 0 Å². The van der Waals surface area contributed by atoms with Crippen LogP contribution in [-0.4, -0.2) is 24.8 Å². The van der Waals surface area contributed by atoms with Crippen LogP contribution in [0.25, 0.3) is 0 Å². The molecule has 0 aromatic heterocycles. The zero-order valence-electron chi connectivity index (χ0n) is 19.9. The number of carbonyl (C=O) groups is 3. The minimum absolute atomic E-state index is 0.226. The minimum atomic E-state index is -0.961. The fourth-order valence-electron chi connectivity index (χ4n) is 4.58. The molecule has 1 N–H and O–H groups in total. The molecule has 3 amide bonds. The molecule has 1 aliphatic rings. The van der Waals surface area contributed by atoms with Crippen molar-refractivity contribution < 1.29 is 19.1 Å². The molecule has 0 saturated heterocycles. The maximum Gasteiger partial charge on any atom is 0.266 e. The van der Waals surface area contributed by atoms with Gasteiger partial charge in [-0.25, -0.2) is 4.90 Å². The van der Waals surface area contributed by atoms with Crippen LogP contribution in [0, 0.1) is 0 Å². The molecule has 1 heterocycles. The Balaban J connectivity index is 1.49. The maximum atomic E-state index is 13.8. The highest BCUT2D eigenvalue weighted by Gasteiger charge is 2.39. The van der Waals surface area contributed by atoms with Gasteiger partial charge in [0.15, 0.2) is 0 Å². The molecule has 5 rings (SSSR count). The summed E-state index contributed by atoms with van der Waals surface area (Å²) in [6.45, 7) is 1.89. The number of methoxy groups -OCH3 is 1. The standard InChI is InChI=1S/C30H24N2O4/c1-30(20-11-5-3-6-12-20,21-13-7-4-8-14-21)29(35)31-22-17-18-25(26(19-22)36-2)32-27(33)23-15-9-10-16-24(23)28(32)34/h3-19H,1-2H3,(H,31,35). The highest BCUT2D eigenvalue weighted by Crippen LogP contribution is 2.38. The van der Waals surface area contributed by atoms with E-state index in [4.69, 9.17) is 4.74 Å². The Hall–Kier alpha value is -4.71. The first-order valence-electron chi connectivity index (χ1n) is 11.5. The van der Waals surface area contributed by atoms with E-state index >= 15 is 0 Å². The third-order valence-corrected chi connectivity index (χ3v) is 6.63. The Morgan fingerprint density at radius 3 is 1.75 bits per heavy atom. The molecule has 0 fully saturated rings. The second kappa shape index (κ2) is 9.15. The minimum Gasteiger partial charge on any atom is -0.494 e. The summed E-state index contributed by atoms with van der Waals surface area (Å²) in [5, 5.41) is 3.00. The number of benzene rings is 4. The van der Waals surface area contributed by atoms with E-state index in [2.05, 4.69) is 5.32 Å². The number of amides is 3. The van der Waals surface area contributed by atoms with E-state index in [-0.39, 0.29) is 5.91 Å². The van der Waals surface area contributed by atoms with Gasteiger partial charge in [-0.15, -0.1) is 0 Å². The van der Waals surface area contributed by atoms with E-state index < -0.39 is 17.2 Å². The highest BCUT2D eigenvalue weighted by molar-refractivity contribution is 6.34. The lowest BCUT2D eigenvalue weighted by molar-refractivity contribution is -0.119. The van der Waals surface area contributed by atoms with Crippen LogP contribution in [0.3, 0.4) is 0 Å². The number of fused-ring (bicyclic) bond motifs is 1. The first kappa shape index (κ1) is 23.1. The molecule has 1 aliphatic heterocycles. The van der Waals surface area contributed by atoms with Crippen LogP contribution in [0.5, 0.6) is 5.75 Å². The Kier molecular flexibility index (Phi) is 5.86. The van der Waals surface area contributed by atoms with Crippen molar-refractivity contribution in [3.8, 4) is 5.75 Å². The summed E-state index contributed by atoms with van der Waals surface area (Å²) < 4.78 is 5.53. The third kappa shape index (κ3) is 3.73. The molecule has 0 atom stereocenters. The Bertz CT molecular complexity index is 1390. The molecule has 0 aliphatic carbocycles. The van der Waals surface area contributed by atoms with Crippen molar-refractivity contribution in [3.05, 3.63) is 125 Å². The SMILES string of the molecule is COc1cc(NC(=O)C(C)(c2ccccc2)c2ccccc2)ccc1N1C(=O)c2ccccc2C1=O. The number of ether oxygens (including phenoxy) is 1. The first-order valence-corrected chi connectivity index (χ1v) is 11.5. The molecule has 4 aromatic carbocycles. The lowest BCUT2D eigenvalue weighted by Gasteiger charge is -2.30. The number of hydrogen-bond donors (Lipinski definition) is 1. The summed E-state index contributed by atoms with van der Waals surface area (Å²) in [5.74, 6) is -0.753. The number of imide groups is 1. The predicted octanol–water partition coefficient (Wildman–Crippen LogP) is 5.44. The van der Waals surface area contributed by atoms with Gasteiger partial charge in [0, 0.05) is 11.8 Å². The molecule has 0 saturated carbocycles. The van der Waals surface area contributed by atoms with Gasteiger partial charge in [0.05, 0.1) is 29.3 Å². The van der Waals surface area contributed by atoms with Crippen LogP contribution in [0.4, 0.5) is 11.4 Å². The monoisotopic (exact) mass is 476 g/mol. The molecule has 6 nitrogen and oxygen atoms in total. The number of anilines is 2. The van der Waals surface area contributed by atoms with Crippen molar-refractivity contribution in [1.82, 2.24) is 0 Å². The third-order valence-electron chi connectivity index (χ3n) is 6.63. The van der Waals surface area contributed by atoms with Crippen molar-refractivity contribution in [2.24, 2.45) is 0 Å². The Labute approximate surface area is 209 Å². The zero-order chi connectivity index (χ0) is 25.3. The average Bonchev–Trinajstić information content (AvgIpc) is 3.18. The summed E-state index contributed by atoms with van der Waals surface area (Å²) >= 11 is 0. The summed E-state index contributed by atoms with van der Waals surface area (Å²) in [4.78, 5) is 40.8. The van der Waals surface area contributed by atoms with Gasteiger partial charge in [-0.2, -0.15) is 0 Å². The van der Waals surface area contributed by atoms with Gasteiger partial charge < -0.3 is 10.1 Å². The van der Waals surface area contributed by atoms with Crippen LogP contribution in [0.15, 0.2) is 103 Å². The average molecular weight is 477 g/mol. The van der Waals surface area contributed by atoms with Gasteiger partial charge in [0.1, 0.15) is 5.75 Å². The van der Waals surface area contributed by atoms with Crippen molar-refractivity contribution >= 4 is 29.1 Å². The fraction of sp³-hybridized carbons (Fsp3) is 0.100. The molecular weight excluding hydrogens is 452 g/mol. The van der Waals surface area contributed by atoms with E-state index in [9.17, 15) is 14.4 Å². The van der Waals surface area contributed by atoms with Crippen LogP contribution >= 0.6 is 0 Å². The van der Waals surface area contributed by atoms with Crippen molar-refractivity contribution in [3.63, 3.8) is 0 Å². The molecule has 0 bridgehead atoms. The summed E-state index contributed by atoms with van der Waals surface area (Å²) in [5.41, 5.74) is 2.24. The summed E-state index contributed by atoms with van der Waals surface area (Å²) in [6.07, 6.45) is 0. The molecule has 36 heavy (non-hydrogen) atoms. The van der Waals surface area contributed by atoms with E-state index in [1.165, 1.54) is 7.11 Å². The quantitative estimate of drug-likeness (QED) is 0.376. The van der Waals surface area contributed by atoms with Crippen molar-refractivity contribution in [2.45, 2.75) is 12.3 Å². The number of carbonyl (C=O) groups excluding carboxylic acids is 3. The molecule has 0 unspecified atom stereocenters. The van der Waals surface area contributed by atoms with Gasteiger partial charge in [-0.1, -0.05) is 72.8 Å². The second-order valence-corrected chi connectivity index (χ2v) is 8.69. The largest absolute Gasteiger partial charge is 0.494 e. The Morgan fingerprint density at radius 1 is 0.750 bits per heavy atom. The molecular formula is C30H24N2O4. The van der Waals surface area contributed by atoms with E-state index in [0.717, 1.165) is 16.0 Å². The topological polar surface area (TPSA) is 75.7 Å². The second-order valence-electron chi connectivity index (χ2n) is 8.69. The van der Waals surface area contributed by atoms with Crippen molar-refractivity contribution in [2.75, 3.05) is 17.3 Å². The maximum absolute atomic E-state index is 13.8. The molecule has 178 valence electrons. The van der Waals surface area contributed by atoms with Crippen LogP contribution < -0.4 is 15.0 Å². The van der Waals surface area contributed by atoms with E-state index in [1.54, 1.807) is 42.5 Å². The van der Waals surface area contributed by atoms with Gasteiger partial charge in [-0.05, 0) is 42.3 Å². The van der Waals surface area contributed by atoms with Crippen LogP contribution in [0.2, 0.25) is 0 Å². The van der Waals surface area contributed by atoms with Gasteiger partial charge in [-0.3, -0.25) is 14.4 Å². The fourth-order valence-corrected chi connectivity index (χ4v) is 4.58. The van der Waals surface area contributed by atoms with Crippen molar-refractivity contribution in [1.29, 1.82) is 0 Å². The van der Waals surface area contributed by atoms with E-state index in [0.29, 0.717) is 28.3 Å². The van der Waals surface area contributed by atoms with Crippen LogP contribution in [-0.2, 0) is 10.2 Å². The number of hydrogen-bond acceptors (Lipinski definition) is 4. The molecule has 0 radical (unpaired) electrons. The number of nitrogens with zero attached hydrogens (tertiary/aromatic N) is 1. The van der Waals surface area contributed by atoms with E-state index in [1.807, 2.05) is 67.6 Å². The molecule has 4 aromatic rings. The lowest BCUT2D eigenvalue weighted by atomic mass is 9.75. The first-order chi connectivity index (χ1) is 17.4. The lowest BCUT2D eigenvalue weighted by Crippen LogP contribution is -2.38. The normalized spacial score (nSPS) is 12.9. The molecule has 0 spiro atoms. The highest BCUT2D eigenvalue weighted by atomic mass is 16.5. The van der Waals surface area contributed by atoms with Crippen LogP contribution in [0.1, 0.15) is 38.8 Å².